The first kappa shape index (κ1) is 46.3. The minimum absolute atomic E-state index is 0.205. The predicted octanol–water partition coefficient (Wildman–Crippen LogP) is 7.15. The van der Waals surface area contributed by atoms with E-state index in [1.807, 2.05) is 98.8 Å². The summed E-state index contributed by atoms with van der Waals surface area (Å²) in [5.41, 5.74) is 15.6. The molecule has 0 aliphatic carbocycles. The molecule has 17 nitrogen and oxygen atoms in total. The maximum Gasteiger partial charge on any atom is 0.314 e. The summed E-state index contributed by atoms with van der Waals surface area (Å²) >= 11 is 0. The van der Waals surface area contributed by atoms with Crippen molar-refractivity contribution >= 4 is 98.1 Å². The Morgan fingerprint density at radius 2 is 1.18 bits per heavy atom. The molecule has 7 N–H and O–H groups in total. The number of nitrogens with zero attached hydrogens (tertiary/aromatic N) is 7. The zero-order valence-electron chi connectivity index (χ0n) is 37.7. The van der Waals surface area contributed by atoms with Crippen LogP contribution in [-0.4, -0.2) is 91.1 Å². The van der Waals surface area contributed by atoms with Crippen LogP contribution in [0.4, 0.5) is 23.0 Å². The number of anilines is 4. The SMILES string of the molecule is CCN(Cc1cccc2ccccc12)C(=O)C(=O)Nc1cnc(N)c2cn[nH]c12.CCN(Cc1cccc2ccccc12)C(=O)C(=O)Nc1cnc(N)c2cnn(COCC[Si](C)(C)C)c12. The molecule has 4 amide bonds. The number of nitrogens with two attached hydrogens (primary N) is 2. The average molecular weight is 907 g/mol. The average Bonchev–Trinajstić information content (AvgIpc) is 4.00. The van der Waals surface area contributed by atoms with Crippen molar-refractivity contribution in [3.63, 3.8) is 0 Å². The number of likely N-dealkylation sites (N-methyl/N-ethyl adjacent to an activating group) is 2. The first-order valence-electron chi connectivity index (χ1n) is 21.6. The summed E-state index contributed by atoms with van der Waals surface area (Å²) in [5.74, 6) is -2.15. The van der Waals surface area contributed by atoms with Crippen LogP contribution in [0.15, 0.2) is 110 Å². The second-order valence-electron chi connectivity index (χ2n) is 16.9. The van der Waals surface area contributed by atoms with Crippen molar-refractivity contribution in [3.05, 3.63) is 121 Å². The van der Waals surface area contributed by atoms with E-state index >= 15 is 0 Å². The van der Waals surface area contributed by atoms with Crippen molar-refractivity contribution in [1.82, 2.24) is 39.7 Å². The van der Waals surface area contributed by atoms with Crippen molar-refractivity contribution < 1.29 is 23.9 Å². The lowest BCUT2D eigenvalue weighted by atomic mass is 10.0. The highest BCUT2D eigenvalue weighted by molar-refractivity contribution is 6.76. The fraction of sp³-hybridized carbons (Fsp3) is 0.250. The van der Waals surface area contributed by atoms with E-state index in [9.17, 15) is 19.2 Å². The molecule has 4 aromatic heterocycles. The van der Waals surface area contributed by atoms with Crippen LogP contribution >= 0.6 is 0 Å². The van der Waals surface area contributed by atoms with E-state index < -0.39 is 31.7 Å². The van der Waals surface area contributed by atoms with Gasteiger partial charge in [0, 0.05) is 40.9 Å². The minimum atomic E-state index is -1.23. The van der Waals surface area contributed by atoms with Gasteiger partial charge in [0.15, 0.2) is 0 Å². The second kappa shape index (κ2) is 20.4. The Morgan fingerprint density at radius 3 is 1.74 bits per heavy atom. The molecular formula is C48H54N12O5Si. The number of hydrogen-bond acceptors (Lipinski definition) is 11. The molecule has 0 saturated heterocycles. The van der Waals surface area contributed by atoms with Crippen molar-refractivity contribution in [2.24, 2.45) is 0 Å². The smallest absolute Gasteiger partial charge is 0.314 e. The van der Waals surface area contributed by atoms with Crippen LogP contribution in [0.25, 0.3) is 43.4 Å². The predicted molar refractivity (Wildman–Crippen MR) is 262 cm³/mol. The van der Waals surface area contributed by atoms with Crippen LogP contribution in [0.5, 0.6) is 0 Å². The van der Waals surface area contributed by atoms with Crippen molar-refractivity contribution in [2.45, 2.75) is 59.4 Å². The van der Waals surface area contributed by atoms with Gasteiger partial charge in [-0.05, 0) is 52.6 Å². The molecule has 8 aromatic rings. The maximum atomic E-state index is 13.2. The number of fused-ring (bicyclic) bond motifs is 4. The van der Waals surface area contributed by atoms with Crippen LogP contribution in [0, 0.1) is 0 Å². The molecule has 4 aromatic carbocycles. The normalized spacial score (nSPS) is 11.3. The van der Waals surface area contributed by atoms with Crippen LogP contribution < -0.4 is 22.1 Å². The Hall–Kier alpha value is -7.70. The summed E-state index contributed by atoms with van der Waals surface area (Å²) < 4.78 is 7.48. The van der Waals surface area contributed by atoms with Gasteiger partial charge < -0.3 is 36.6 Å². The van der Waals surface area contributed by atoms with Crippen LogP contribution in [0.1, 0.15) is 25.0 Å². The van der Waals surface area contributed by atoms with Crippen molar-refractivity contribution in [3.8, 4) is 0 Å². The Balaban J connectivity index is 0.000000202. The molecule has 0 atom stereocenters. The topological polar surface area (TPSA) is 232 Å². The molecule has 0 fully saturated rings. The Labute approximate surface area is 382 Å². The molecule has 8 rings (SSSR count). The molecule has 0 aliphatic heterocycles. The number of rotatable bonds is 13. The lowest BCUT2D eigenvalue weighted by Gasteiger charge is -2.21. The van der Waals surface area contributed by atoms with Gasteiger partial charge in [-0.2, -0.15) is 10.2 Å². The number of H-pyrrole nitrogens is 1. The van der Waals surface area contributed by atoms with E-state index in [-0.39, 0.29) is 6.73 Å². The zero-order valence-corrected chi connectivity index (χ0v) is 38.7. The first-order chi connectivity index (χ1) is 31.8. The molecule has 0 saturated carbocycles. The third-order valence-corrected chi connectivity index (χ3v) is 12.8. The van der Waals surface area contributed by atoms with Crippen LogP contribution in [0.2, 0.25) is 25.7 Å². The molecule has 18 heteroatoms. The maximum absolute atomic E-state index is 13.2. The highest BCUT2D eigenvalue weighted by Gasteiger charge is 2.25. The Kier molecular flexibility index (Phi) is 14.3. The summed E-state index contributed by atoms with van der Waals surface area (Å²) in [5, 5.41) is 21.9. The standard InChI is InChI=1S/C27H34N6O3Si.C21H20N6O2/c1-5-32(17-20-11-8-10-19-9-6-7-12-21(19)20)27(35)26(34)31-23-16-29-25(28)22-15-30-33(24(22)23)18-36-13-14-37(2,3)4;1-2-27(12-14-8-5-7-13-6-3-4-9-15(13)14)21(29)20(28)25-17-11-23-19(22)16-10-24-26-18(16)17/h6-12,15-16H,5,13-14,17-18H2,1-4H3,(H2,28,29)(H,31,34);3-11H,2,12H2,1H3,(H2,22,23)(H,24,26)(H,25,28). The number of nitrogens with one attached hydrogen (secondary N) is 3. The minimum Gasteiger partial charge on any atom is -0.383 e. The number of ether oxygens (including phenoxy) is 1. The quantitative estimate of drug-likeness (QED) is 0.0443. The van der Waals surface area contributed by atoms with E-state index in [2.05, 4.69) is 55.5 Å². The second-order valence-corrected chi connectivity index (χ2v) is 22.5. The van der Waals surface area contributed by atoms with E-state index in [4.69, 9.17) is 16.2 Å². The number of hydrogen-bond donors (Lipinski definition) is 5. The fourth-order valence-corrected chi connectivity index (χ4v) is 8.21. The van der Waals surface area contributed by atoms with Gasteiger partial charge in [0.1, 0.15) is 18.4 Å². The van der Waals surface area contributed by atoms with Crippen LogP contribution in [-0.2, 0) is 43.7 Å². The van der Waals surface area contributed by atoms with Gasteiger partial charge in [0.2, 0.25) is 0 Å². The molecule has 0 radical (unpaired) electrons. The molecule has 340 valence electrons. The van der Waals surface area contributed by atoms with Crippen LogP contribution in [0.3, 0.4) is 0 Å². The molecule has 66 heavy (non-hydrogen) atoms. The number of benzene rings is 4. The van der Waals surface area contributed by atoms with Crippen molar-refractivity contribution in [1.29, 1.82) is 0 Å². The Bertz CT molecular complexity index is 3040. The van der Waals surface area contributed by atoms with Crippen molar-refractivity contribution in [2.75, 3.05) is 41.8 Å². The largest absolute Gasteiger partial charge is 0.383 e. The van der Waals surface area contributed by atoms with Gasteiger partial charge in [0.05, 0.1) is 58.0 Å². The number of aromatic amines is 1. The van der Waals surface area contributed by atoms with E-state index in [0.29, 0.717) is 77.6 Å². The van der Waals surface area contributed by atoms with E-state index in [1.165, 1.54) is 28.4 Å². The molecule has 0 spiro atoms. The number of amides is 4. The van der Waals surface area contributed by atoms with Gasteiger partial charge in [-0.3, -0.25) is 24.3 Å². The van der Waals surface area contributed by atoms with E-state index in [0.717, 1.165) is 38.7 Å². The Morgan fingerprint density at radius 1 is 0.667 bits per heavy atom. The third kappa shape index (κ3) is 10.6. The molecule has 0 unspecified atom stereocenters. The molecule has 0 aliphatic rings. The molecule has 0 bridgehead atoms. The fourth-order valence-electron chi connectivity index (χ4n) is 7.45. The van der Waals surface area contributed by atoms with Gasteiger partial charge in [-0.25, -0.2) is 14.6 Å². The lowest BCUT2D eigenvalue weighted by molar-refractivity contribution is -0.143. The monoisotopic (exact) mass is 906 g/mol. The number of pyridine rings is 2. The summed E-state index contributed by atoms with van der Waals surface area (Å²) in [6.07, 6.45) is 5.97. The van der Waals surface area contributed by atoms with Gasteiger partial charge in [-0.15, -0.1) is 0 Å². The summed E-state index contributed by atoms with van der Waals surface area (Å²) in [6, 6.07) is 28.9. The summed E-state index contributed by atoms with van der Waals surface area (Å²) in [4.78, 5) is 62.9. The summed E-state index contributed by atoms with van der Waals surface area (Å²) in [7, 11) is -1.23. The summed E-state index contributed by atoms with van der Waals surface area (Å²) in [6.45, 7) is 12.8. The molecular weight excluding hydrogens is 853 g/mol. The number of aromatic nitrogens is 6. The lowest BCUT2D eigenvalue weighted by Crippen LogP contribution is -2.39. The number of carbonyl (C=O) groups excluding carboxylic acids is 4. The highest BCUT2D eigenvalue weighted by atomic mass is 28.3. The third-order valence-electron chi connectivity index (χ3n) is 11.1. The first-order valence-corrected chi connectivity index (χ1v) is 25.4. The number of nitrogen functional groups attached to an aromatic ring is 2. The highest BCUT2D eigenvalue weighted by Crippen LogP contribution is 2.28. The van der Waals surface area contributed by atoms with Gasteiger partial charge in [-0.1, -0.05) is 105 Å². The molecule has 4 heterocycles. The van der Waals surface area contributed by atoms with Gasteiger partial charge >= 0.3 is 23.6 Å². The zero-order chi connectivity index (χ0) is 47.0. The van der Waals surface area contributed by atoms with E-state index in [1.54, 1.807) is 10.9 Å². The number of carbonyl (C=O) groups is 4. The van der Waals surface area contributed by atoms with Gasteiger partial charge in [0.25, 0.3) is 0 Å².